The molecule has 2 aliphatic rings. The van der Waals surface area contributed by atoms with E-state index >= 15 is 0 Å². The number of rotatable bonds is 2. The van der Waals surface area contributed by atoms with Crippen molar-refractivity contribution in [3.63, 3.8) is 0 Å². The molecule has 0 spiro atoms. The minimum atomic E-state index is 0.179. The van der Waals surface area contributed by atoms with Crippen molar-refractivity contribution < 1.29 is 4.74 Å². The molecule has 0 radical (unpaired) electrons. The van der Waals surface area contributed by atoms with Gasteiger partial charge in [0.1, 0.15) is 0 Å². The predicted octanol–water partition coefficient (Wildman–Crippen LogP) is 2.81. The van der Waals surface area contributed by atoms with Crippen molar-refractivity contribution >= 4 is 0 Å². The topological polar surface area (TPSA) is 35.2 Å². The van der Waals surface area contributed by atoms with Gasteiger partial charge in [-0.15, -0.1) is 0 Å². The third-order valence-corrected chi connectivity index (χ3v) is 4.28. The maximum Gasteiger partial charge on any atom is 0.0876 e. The Morgan fingerprint density at radius 2 is 2.00 bits per heavy atom. The molecule has 1 heterocycles. The maximum absolute atomic E-state index is 6.43. The molecule has 2 unspecified atom stereocenters. The second-order valence-corrected chi connectivity index (χ2v) is 5.46. The normalized spacial score (nSPS) is 24.7. The van der Waals surface area contributed by atoms with Crippen LogP contribution >= 0.6 is 0 Å². The van der Waals surface area contributed by atoms with Crippen LogP contribution in [0.3, 0.4) is 0 Å². The van der Waals surface area contributed by atoms with E-state index in [9.17, 15) is 0 Å². The summed E-state index contributed by atoms with van der Waals surface area (Å²) in [5, 5.41) is 0. The first-order valence-electron chi connectivity index (χ1n) is 6.97. The number of hydrogen-bond donors (Lipinski definition) is 1. The molecule has 0 aromatic heterocycles. The second-order valence-electron chi connectivity index (χ2n) is 5.46. The highest BCUT2D eigenvalue weighted by molar-refractivity contribution is 5.30. The summed E-state index contributed by atoms with van der Waals surface area (Å²) in [6, 6.07) is 8.95. The number of hydrogen-bond acceptors (Lipinski definition) is 2. The molecule has 1 aliphatic heterocycles. The van der Waals surface area contributed by atoms with E-state index in [4.69, 9.17) is 10.5 Å². The van der Waals surface area contributed by atoms with Crippen LogP contribution in [0.5, 0.6) is 0 Å². The first-order valence-corrected chi connectivity index (χ1v) is 6.97. The van der Waals surface area contributed by atoms with Crippen LogP contribution in [-0.4, -0.2) is 12.6 Å². The molecular formula is C16H21NO. The van der Waals surface area contributed by atoms with E-state index < -0.39 is 0 Å². The van der Waals surface area contributed by atoms with E-state index in [1.807, 2.05) is 6.26 Å². The van der Waals surface area contributed by atoms with Gasteiger partial charge in [0.15, 0.2) is 0 Å². The summed E-state index contributed by atoms with van der Waals surface area (Å²) in [7, 11) is 0. The molecule has 0 fully saturated rings. The summed E-state index contributed by atoms with van der Waals surface area (Å²) in [6.45, 7) is 0.851. The third kappa shape index (κ3) is 2.30. The van der Waals surface area contributed by atoms with Crippen LogP contribution in [0.15, 0.2) is 36.1 Å². The minimum absolute atomic E-state index is 0.179. The van der Waals surface area contributed by atoms with Crippen molar-refractivity contribution in [1.29, 1.82) is 0 Å². The zero-order valence-electron chi connectivity index (χ0n) is 10.8. The summed E-state index contributed by atoms with van der Waals surface area (Å²) in [5.41, 5.74) is 10.7. The van der Waals surface area contributed by atoms with Gasteiger partial charge < -0.3 is 10.5 Å². The maximum atomic E-state index is 6.43. The smallest absolute Gasteiger partial charge is 0.0876 e. The quantitative estimate of drug-likeness (QED) is 0.867. The number of nitrogens with two attached hydrogens (primary N) is 1. The van der Waals surface area contributed by atoms with E-state index in [0.717, 1.165) is 25.9 Å². The molecule has 18 heavy (non-hydrogen) atoms. The van der Waals surface area contributed by atoms with Gasteiger partial charge in [-0.05, 0) is 54.7 Å². The fourth-order valence-electron chi connectivity index (χ4n) is 3.16. The Kier molecular flexibility index (Phi) is 3.37. The Hall–Kier alpha value is -1.28. The first kappa shape index (κ1) is 11.8. The predicted molar refractivity (Wildman–Crippen MR) is 73.2 cm³/mol. The van der Waals surface area contributed by atoms with Gasteiger partial charge in [-0.2, -0.15) is 0 Å². The summed E-state index contributed by atoms with van der Waals surface area (Å²) >= 11 is 0. The molecule has 0 saturated carbocycles. The third-order valence-electron chi connectivity index (χ3n) is 4.28. The Balaban J connectivity index is 1.73. The molecule has 1 aromatic rings. The van der Waals surface area contributed by atoms with Gasteiger partial charge in [-0.3, -0.25) is 0 Å². The van der Waals surface area contributed by atoms with Crippen LogP contribution in [-0.2, 0) is 17.6 Å². The Morgan fingerprint density at radius 3 is 2.78 bits per heavy atom. The molecule has 1 aromatic carbocycles. The van der Waals surface area contributed by atoms with Gasteiger partial charge >= 0.3 is 0 Å². The Morgan fingerprint density at radius 1 is 1.17 bits per heavy atom. The van der Waals surface area contributed by atoms with Gasteiger partial charge in [-0.25, -0.2) is 0 Å². The lowest BCUT2D eigenvalue weighted by Crippen LogP contribution is -2.36. The van der Waals surface area contributed by atoms with Crippen LogP contribution in [0, 0.1) is 5.92 Å². The molecule has 2 nitrogen and oxygen atoms in total. The highest BCUT2D eigenvalue weighted by atomic mass is 16.5. The minimum Gasteiger partial charge on any atom is -0.501 e. The lowest BCUT2D eigenvalue weighted by Gasteiger charge is -2.31. The van der Waals surface area contributed by atoms with E-state index in [1.165, 1.54) is 29.5 Å². The average Bonchev–Trinajstić information content (AvgIpc) is 2.47. The van der Waals surface area contributed by atoms with Gasteiger partial charge in [0.25, 0.3) is 0 Å². The van der Waals surface area contributed by atoms with Gasteiger partial charge in [-0.1, -0.05) is 24.3 Å². The monoisotopic (exact) mass is 243 g/mol. The molecule has 2 heteroatoms. The molecule has 0 saturated heterocycles. The summed E-state index contributed by atoms with van der Waals surface area (Å²) in [4.78, 5) is 0. The molecule has 2 N–H and O–H groups in total. The van der Waals surface area contributed by atoms with E-state index in [1.54, 1.807) is 0 Å². The van der Waals surface area contributed by atoms with Crippen LogP contribution in [0.1, 0.15) is 30.4 Å². The van der Waals surface area contributed by atoms with Gasteiger partial charge in [0, 0.05) is 6.04 Å². The van der Waals surface area contributed by atoms with Crippen molar-refractivity contribution in [3.05, 3.63) is 47.2 Å². The zero-order valence-corrected chi connectivity index (χ0v) is 10.8. The number of aryl methyl sites for hydroxylation is 1. The zero-order chi connectivity index (χ0) is 12.4. The number of benzene rings is 1. The highest BCUT2D eigenvalue weighted by Gasteiger charge is 2.26. The van der Waals surface area contributed by atoms with Gasteiger partial charge in [0.05, 0.1) is 12.9 Å². The molecule has 2 atom stereocenters. The highest BCUT2D eigenvalue weighted by Crippen LogP contribution is 2.30. The van der Waals surface area contributed by atoms with Crippen LogP contribution < -0.4 is 5.73 Å². The van der Waals surface area contributed by atoms with Gasteiger partial charge in [0.2, 0.25) is 0 Å². The summed E-state index contributed by atoms with van der Waals surface area (Å²) < 4.78 is 5.42. The van der Waals surface area contributed by atoms with Crippen molar-refractivity contribution in [1.82, 2.24) is 0 Å². The number of fused-ring (bicyclic) bond motifs is 1. The average molecular weight is 243 g/mol. The summed E-state index contributed by atoms with van der Waals surface area (Å²) in [6.07, 6.45) is 7.63. The van der Waals surface area contributed by atoms with Crippen molar-refractivity contribution in [3.8, 4) is 0 Å². The lowest BCUT2D eigenvalue weighted by atomic mass is 9.77. The summed E-state index contributed by atoms with van der Waals surface area (Å²) in [5.74, 6) is 0.577. The second kappa shape index (κ2) is 5.15. The molecular weight excluding hydrogens is 222 g/mol. The van der Waals surface area contributed by atoms with Crippen molar-refractivity contribution in [2.24, 2.45) is 11.7 Å². The largest absolute Gasteiger partial charge is 0.501 e. The molecule has 0 bridgehead atoms. The fourth-order valence-corrected chi connectivity index (χ4v) is 3.16. The first-order chi connectivity index (χ1) is 8.84. The molecule has 0 amide bonds. The number of ether oxygens (including phenoxy) is 1. The van der Waals surface area contributed by atoms with Crippen LogP contribution in [0.25, 0.3) is 0 Å². The lowest BCUT2D eigenvalue weighted by molar-refractivity contribution is 0.216. The van der Waals surface area contributed by atoms with Crippen LogP contribution in [0.4, 0.5) is 0 Å². The Bertz CT molecular complexity index is 452. The SMILES string of the molecule is NC(C1=COCCC1)C1CCc2ccccc2C1. The standard InChI is InChI=1S/C16H21NO/c17-16(15-6-3-9-18-11-15)14-8-7-12-4-1-2-5-13(12)10-14/h1-2,4-5,11,14,16H,3,6-10,17H2. The van der Waals surface area contributed by atoms with Crippen LogP contribution in [0.2, 0.25) is 0 Å². The van der Waals surface area contributed by atoms with E-state index in [2.05, 4.69) is 24.3 Å². The Labute approximate surface area is 109 Å². The fraction of sp³-hybridized carbons (Fsp3) is 0.500. The molecule has 3 rings (SSSR count). The van der Waals surface area contributed by atoms with Crippen molar-refractivity contribution in [2.75, 3.05) is 6.61 Å². The van der Waals surface area contributed by atoms with Crippen molar-refractivity contribution in [2.45, 2.75) is 38.1 Å². The van der Waals surface area contributed by atoms with E-state index in [0.29, 0.717) is 5.92 Å². The molecule has 1 aliphatic carbocycles. The molecule has 96 valence electrons. The van der Waals surface area contributed by atoms with E-state index in [-0.39, 0.29) is 6.04 Å².